The zero-order chi connectivity index (χ0) is 25.7. The van der Waals surface area contributed by atoms with E-state index < -0.39 is 17.6 Å². The second-order valence-electron chi connectivity index (χ2n) is 7.74. The normalized spacial score (nSPS) is 11.1. The lowest BCUT2D eigenvalue weighted by molar-refractivity contribution is -0.137. The zero-order valence-electron chi connectivity index (χ0n) is 19.3. The Balaban J connectivity index is 1.53. The van der Waals surface area contributed by atoms with Crippen molar-refractivity contribution in [2.24, 2.45) is 0 Å². The Bertz CT molecular complexity index is 1390. The second-order valence-corrected chi connectivity index (χ2v) is 7.74. The van der Waals surface area contributed by atoms with Crippen molar-refractivity contribution in [2.45, 2.75) is 19.5 Å². The van der Waals surface area contributed by atoms with Crippen LogP contribution in [0.5, 0.6) is 11.6 Å². The van der Waals surface area contributed by atoms with Gasteiger partial charge in [0.15, 0.2) is 5.82 Å². The van der Waals surface area contributed by atoms with E-state index in [1.165, 1.54) is 18.5 Å². The molecule has 4 rings (SSSR count). The van der Waals surface area contributed by atoms with Gasteiger partial charge in [0.05, 0.1) is 17.5 Å². The number of halogens is 3. The molecule has 11 heteroatoms. The quantitative estimate of drug-likeness (QED) is 0.361. The van der Waals surface area contributed by atoms with Gasteiger partial charge in [0.25, 0.3) is 0 Å². The van der Waals surface area contributed by atoms with Gasteiger partial charge in [0.1, 0.15) is 12.1 Å². The molecule has 4 aromatic rings. The third-order valence-electron chi connectivity index (χ3n) is 5.11. The minimum absolute atomic E-state index is 0.217. The monoisotopic (exact) mass is 494 g/mol. The van der Waals surface area contributed by atoms with E-state index in [1.807, 2.05) is 6.92 Å². The van der Waals surface area contributed by atoms with E-state index in [-0.39, 0.29) is 17.9 Å². The molecule has 2 N–H and O–H groups in total. The second kappa shape index (κ2) is 10.4. The molecule has 2 aromatic heterocycles. The number of amides is 1. The van der Waals surface area contributed by atoms with E-state index in [9.17, 15) is 18.0 Å². The van der Waals surface area contributed by atoms with E-state index in [0.717, 1.165) is 17.7 Å². The summed E-state index contributed by atoms with van der Waals surface area (Å²) in [5.74, 6) is 0.959. The van der Waals surface area contributed by atoms with Crippen molar-refractivity contribution < 1.29 is 22.7 Å². The van der Waals surface area contributed by atoms with Gasteiger partial charge in [-0.1, -0.05) is 24.3 Å². The van der Waals surface area contributed by atoms with Crippen LogP contribution in [-0.4, -0.2) is 32.9 Å². The number of nitrogens with zero attached hydrogens (tertiary/aromatic N) is 4. The van der Waals surface area contributed by atoms with Crippen molar-refractivity contribution in [1.29, 1.82) is 0 Å². The molecule has 184 valence electrons. The molecular formula is C25H21F3N6O2. The molecule has 2 heterocycles. The predicted molar refractivity (Wildman–Crippen MR) is 128 cm³/mol. The fraction of sp³-hybridized carbons (Fsp3) is 0.160. The van der Waals surface area contributed by atoms with Crippen LogP contribution in [0.2, 0.25) is 0 Å². The average molecular weight is 494 g/mol. The van der Waals surface area contributed by atoms with Crippen molar-refractivity contribution in [1.82, 2.24) is 19.9 Å². The van der Waals surface area contributed by atoms with E-state index >= 15 is 0 Å². The highest BCUT2D eigenvalue weighted by molar-refractivity contribution is 5.92. The van der Waals surface area contributed by atoms with Gasteiger partial charge in [-0.2, -0.15) is 18.2 Å². The van der Waals surface area contributed by atoms with Gasteiger partial charge in [0, 0.05) is 25.0 Å². The third kappa shape index (κ3) is 5.93. The number of rotatable bonds is 7. The fourth-order valence-corrected chi connectivity index (χ4v) is 3.33. The van der Waals surface area contributed by atoms with Gasteiger partial charge in [-0.05, 0) is 42.3 Å². The molecular weight excluding hydrogens is 473 g/mol. The molecule has 0 aliphatic rings. The number of anilines is 2. The van der Waals surface area contributed by atoms with Crippen LogP contribution < -0.4 is 15.4 Å². The van der Waals surface area contributed by atoms with Crippen molar-refractivity contribution in [3.63, 3.8) is 0 Å². The van der Waals surface area contributed by atoms with Gasteiger partial charge in [0.2, 0.25) is 17.7 Å². The SMILES string of the molecule is CNc1ncnc(-c2cccnc2Oc2cc(NC(=O)Cc3cccc(C(F)(F)F)c3)ccc2C)n1. The topological polar surface area (TPSA) is 102 Å². The van der Waals surface area contributed by atoms with Crippen molar-refractivity contribution in [3.05, 3.63) is 83.8 Å². The molecule has 1 amide bonds. The highest BCUT2D eigenvalue weighted by atomic mass is 19.4. The number of pyridine rings is 1. The molecule has 0 spiro atoms. The molecule has 8 nitrogen and oxygen atoms in total. The molecule has 0 unspecified atom stereocenters. The van der Waals surface area contributed by atoms with Crippen molar-refractivity contribution in [2.75, 3.05) is 17.7 Å². The van der Waals surface area contributed by atoms with Crippen LogP contribution in [0.15, 0.2) is 67.1 Å². The molecule has 0 fully saturated rings. The predicted octanol–water partition coefficient (Wildman–Crippen LogP) is 5.28. The highest BCUT2D eigenvalue weighted by Crippen LogP contribution is 2.33. The van der Waals surface area contributed by atoms with E-state index in [1.54, 1.807) is 43.6 Å². The third-order valence-corrected chi connectivity index (χ3v) is 5.11. The Morgan fingerprint density at radius 1 is 1.03 bits per heavy atom. The standard InChI is InChI=1S/C25H21F3N6O2/c1-15-8-9-18(33-21(35)12-16-5-3-6-17(11-16)25(26,27)28)13-20(15)36-23-19(7-4-10-30-23)22-31-14-32-24(29-2)34-22/h3-11,13-14H,12H2,1-2H3,(H,33,35)(H,29,31,32,34). The van der Waals surface area contributed by atoms with E-state index in [2.05, 4.69) is 30.6 Å². The Labute approximate surface area is 204 Å². The van der Waals surface area contributed by atoms with E-state index in [0.29, 0.717) is 28.8 Å². The largest absolute Gasteiger partial charge is 0.438 e. The van der Waals surface area contributed by atoms with Gasteiger partial charge >= 0.3 is 6.18 Å². The number of benzene rings is 2. The highest BCUT2D eigenvalue weighted by Gasteiger charge is 2.30. The number of carbonyl (C=O) groups is 1. The molecule has 0 saturated carbocycles. The number of alkyl halides is 3. The summed E-state index contributed by atoms with van der Waals surface area (Å²) >= 11 is 0. The smallest absolute Gasteiger partial charge is 0.416 e. The van der Waals surface area contributed by atoms with Crippen molar-refractivity contribution in [3.8, 4) is 23.0 Å². The van der Waals surface area contributed by atoms with Gasteiger partial charge < -0.3 is 15.4 Å². The van der Waals surface area contributed by atoms with E-state index in [4.69, 9.17) is 4.74 Å². The summed E-state index contributed by atoms with van der Waals surface area (Å²) < 4.78 is 44.9. The molecule has 0 aliphatic heterocycles. The first kappa shape index (κ1) is 24.6. The first-order valence-corrected chi connectivity index (χ1v) is 10.8. The number of nitrogens with one attached hydrogen (secondary N) is 2. The molecule has 0 saturated heterocycles. The summed E-state index contributed by atoms with van der Waals surface area (Å²) in [7, 11) is 1.69. The van der Waals surface area contributed by atoms with Gasteiger partial charge in [-0.25, -0.2) is 15.0 Å². The molecule has 0 bridgehead atoms. The maximum atomic E-state index is 13.0. The Kier molecular flexibility index (Phi) is 7.09. The number of aryl methyl sites for hydroxylation is 1. The van der Waals surface area contributed by atoms with Crippen LogP contribution >= 0.6 is 0 Å². The minimum Gasteiger partial charge on any atom is -0.438 e. The zero-order valence-corrected chi connectivity index (χ0v) is 19.3. The summed E-state index contributed by atoms with van der Waals surface area (Å²) in [6.45, 7) is 1.83. The average Bonchev–Trinajstić information content (AvgIpc) is 2.86. The molecule has 2 aromatic carbocycles. The van der Waals surface area contributed by atoms with Crippen LogP contribution in [-0.2, 0) is 17.4 Å². The molecule has 0 radical (unpaired) electrons. The lowest BCUT2D eigenvalue weighted by atomic mass is 10.1. The summed E-state index contributed by atoms with van der Waals surface area (Å²) in [5.41, 5.74) is 1.18. The fourth-order valence-electron chi connectivity index (χ4n) is 3.33. The maximum Gasteiger partial charge on any atom is 0.416 e. The number of carbonyl (C=O) groups excluding carboxylic acids is 1. The van der Waals surface area contributed by atoms with Crippen LogP contribution in [0, 0.1) is 6.92 Å². The molecule has 0 aliphatic carbocycles. The molecule has 36 heavy (non-hydrogen) atoms. The molecule has 0 atom stereocenters. The first-order chi connectivity index (χ1) is 17.2. The van der Waals surface area contributed by atoms with Crippen LogP contribution in [0.4, 0.5) is 24.8 Å². The number of hydrogen-bond donors (Lipinski definition) is 2. The Morgan fingerprint density at radius 2 is 1.86 bits per heavy atom. The summed E-state index contributed by atoms with van der Waals surface area (Å²) in [5, 5.41) is 5.55. The Morgan fingerprint density at radius 3 is 2.64 bits per heavy atom. The first-order valence-electron chi connectivity index (χ1n) is 10.8. The lowest BCUT2D eigenvalue weighted by Crippen LogP contribution is -2.15. The van der Waals surface area contributed by atoms with Gasteiger partial charge in [-0.15, -0.1) is 0 Å². The lowest BCUT2D eigenvalue weighted by Gasteiger charge is -2.13. The minimum atomic E-state index is -4.48. The maximum absolute atomic E-state index is 13.0. The Hall–Kier alpha value is -4.54. The number of hydrogen-bond acceptors (Lipinski definition) is 7. The summed E-state index contributed by atoms with van der Waals surface area (Å²) in [6, 6.07) is 13.2. The van der Waals surface area contributed by atoms with Crippen LogP contribution in [0.1, 0.15) is 16.7 Å². The summed E-state index contributed by atoms with van der Waals surface area (Å²) in [6.07, 6.45) is -1.76. The van der Waals surface area contributed by atoms with Crippen LogP contribution in [0.3, 0.4) is 0 Å². The van der Waals surface area contributed by atoms with Crippen molar-refractivity contribution >= 4 is 17.5 Å². The number of aromatic nitrogens is 4. The van der Waals surface area contributed by atoms with Gasteiger partial charge in [-0.3, -0.25) is 4.79 Å². The number of ether oxygens (including phenoxy) is 1. The summed E-state index contributed by atoms with van der Waals surface area (Å²) in [4.78, 5) is 29.3. The van der Waals surface area contributed by atoms with Crippen LogP contribution in [0.25, 0.3) is 11.4 Å².